The Kier molecular flexibility index (Phi) is 5.90. The van der Waals surface area contributed by atoms with Crippen LogP contribution in [-0.4, -0.2) is 60.0 Å². The minimum atomic E-state index is 0.0224. The monoisotopic (exact) mass is 344 g/mol. The summed E-state index contributed by atoms with van der Waals surface area (Å²) < 4.78 is 12.9. The topological polar surface area (TPSA) is 68.6 Å². The third-order valence-electron chi connectivity index (χ3n) is 4.03. The molecule has 134 valence electrons. The lowest BCUT2D eigenvalue weighted by atomic mass is 10.1. The fourth-order valence-electron chi connectivity index (χ4n) is 2.75. The summed E-state index contributed by atoms with van der Waals surface area (Å²) in [5.41, 5.74) is 0. The zero-order chi connectivity index (χ0) is 17.5. The summed E-state index contributed by atoms with van der Waals surface area (Å²) in [6, 6.07) is 9.77. The molecule has 1 aliphatic heterocycles. The predicted molar refractivity (Wildman–Crippen MR) is 93.8 cm³/mol. The van der Waals surface area contributed by atoms with Crippen LogP contribution in [0.25, 0.3) is 0 Å². The van der Waals surface area contributed by atoms with E-state index in [0.29, 0.717) is 32.3 Å². The lowest BCUT2D eigenvalue weighted by Crippen LogP contribution is -2.51. The van der Waals surface area contributed by atoms with Crippen molar-refractivity contribution >= 4 is 5.91 Å². The fourth-order valence-corrected chi connectivity index (χ4v) is 2.75. The zero-order valence-electron chi connectivity index (χ0n) is 14.4. The summed E-state index contributed by atoms with van der Waals surface area (Å²) >= 11 is 0. The van der Waals surface area contributed by atoms with Crippen molar-refractivity contribution in [2.75, 3.05) is 39.4 Å². The average molecular weight is 344 g/mol. The number of nitrogens with one attached hydrogen (secondary N) is 1. The molecule has 2 heterocycles. The van der Waals surface area contributed by atoms with Crippen LogP contribution in [0.1, 0.15) is 13.0 Å². The van der Waals surface area contributed by atoms with Gasteiger partial charge in [-0.25, -0.2) is 0 Å². The van der Waals surface area contributed by atoms with E-state index in [1.165, 1.54) is 0 Å². The SMILES string of the molecule is CCOc1ccc(OCCNC(=O)CN2CC(n3cccn3)C2)cc1. The van der Waals surface area contributed by atoms with Crippen LogP contribution in [0.5, 0.6) is 11.5 Å². The third-order valence-corrected chi connectivity index (χ3v) is 4.03. The predicted octanol–water partition coefficient (Wildman–Crippen LogP) is 1.33. The third kappa shape index (κ3) is 4.96. The lowest BCUT2D eigenvalue weighted by Gasteiger charge is -2.38. The van der Waals surface area contributed by atoms with Crippen molar-refractivity contribution in [2.24, 2.45) is 0 Å². The van der Waals surface area contributed by atoms with Gasteiger partial charge in [-0.15, -0.1) is 0 Å². The molecular formula is C18H24N4O3. The van der Waals surface area contributed by atoms with Crippen molar-refractivity contribution in [1.82, 2.24) is 20.0 Å². The number of ether oxygens (including phenoxy) is 2. The van der Waals surface area contributed by atoms with Crippen molar-refractivity contribution < 1.29 is 14.3 Å². The molecule has 1 amide bonds. The van der Waals surface area contributed by atoms with Crippen LogP contribution in [0, 0.1) is 0 Å². The fraction of sp³-hybridized carbons (Fsp3) is 0.444. The van der Waals surface area contributed by atoms with E-state index in [1.807, 2.05) is 48.1 Å². The largest absolute Gasteiger partial charge is 0.494 e. The van der Waals surface area contributed by atoms with Gasteiger partial charge < -0.3 is 14.8 Å². The molecule has 0 atom stereocenters. The van der Waals surface area contributed by atoms with E-state index in [-0.39, 0.29) is 5.91 Å². The lowest BCUT2D eigenvalue weighted by molar-refractivity contribution is -0.123. The molecule has 0 unspecified atom stereocenters. The van der Waals surface area contributed by atoms with E-state index in [2.05, 4.69) is 15.3 Å². The normalized spacial score (nSPS) is 14.8. The Hall–Kier alpha value is -2.54. The smallest absolute Gasteiger partial charge is 0.234 e. The number of aromatic nitrogens is 2. The van der Waals surface area contributed by atoms with Crippen LogP contribution in [0.3, 0.4) is 0 Å². The Morgan fingerprint density at radius 1 is 1.24 bits per heavy atom. The molecule has 0 aliphatic carbocycles. The van der Waals surface area contributed by atoms with Gasteiger partial charge in [-0.05, 0) is 37.3 Å². The number of benzene rings is 1. The summed E-state index contributed by atoms with van der Waals surface area (Å²) in [6.45, 7) is 5.66. The molecule has 1 aliphatic rings. The minimum Gasteiger partial charge on any atom is -0.494 e. The highest BCUT2D eigenvalue weighted by molar-refractivity contribution is 5.78. The standard InChI is InChI=1S/C18H24N4O3/c1-2-24-16-4-6-17(7-5-16)25-11-9-19-18(23)14-21-12-15(13-21)22-10-3-8-20-22/h3-8,10,15H,2,9,11-14H2,1H3,(H,19,23). The second-order valence-corrected chi connectivity index (χ2v) is 5.94. The molecule has 0 bridgehead atoms. The van der Waals surface area contributed by atoms with Crippen LogP contribution >= 0.6 is 0 Å². The molecule has 7 heteroatoms. The minimum absolute atomic E-state index is 0.0224. The average Bonchev–Trinajstić information content (AvgIpc) is 3.10. The van der Waals surface area contributed by atoms with E-state index in [9.17, 15) is 4.79 Å². The van der Waals surface area contributed by atoms with Gasteiger partial charge in [-0.2, -0.15) is 5.10 Å². The number of hydrogen-bond donors (Lipinski definition) is 1. The van der Waals surface area contributed by atoms with Crippen LogP contribution in [0.2, 0.25) is 0 Å². The summed E-state index contributed by atoms with van der Waals surface area (Å²) in [5.74, 6) is 1.61. The van der Waals surface area contributed by atoms with Crippen LogP contribution < -0.4 is 14.8 Å². The quantitative estimate of drug-likeness (QED) is 0.695. The summed E-state index contributed by atoms with van der Waals surface area (Å²) in [4.78, 5) is 14.0. The Balaban J connectivity index is 1.27. The highest BCUT2D eigenvalue weighted by Gasteiger charge is 2.29. The first-order valence-electron chi connectivity index (χ1n) is 8.58. The van der Waals surface area contributed by atoms with E-state index in [0.717, 1.165) is 24.6 Å². The highest BCUT2D eigenvalue weighted by Crippen LogP contribution is 2.19. The zero-order valence-corrected chi connectivity index (χ0v) is 14.4. The maximum absolute atomic E-state index is 11.9. The van der Waals surface area contributed by atoms with Gasteiger partial charge in [0.05, 0.1) is 25.7 Å². The van der Waals surface area contributed by atoms with Gasteiger partial charge in [0.1, 0.15) is 18.1 Å². The van der Waals surface area contributed by atoms with Gasteiger partial charge in [0.15, 0.2) is 0 Å². The number of likely N-dealkylation sites (tertiary alicyclic amines) is 1. The molecule has 1 aromatic heterocycles. The number of carbonyl (C=O) groups excluding carboxylic acids is 1. The molecule has 1 N–H and O–H groups in total. The summed E-state index contributed by atoms with van der Waals surface area (Å²) in [5, 5.41) is 7.10. The highest BCUT2D eigenvalue weighted by atomic mass is 16.5. The molecule has 1 fully saturated rings. The van der Waals surface area contributed by atoms with Crippen molar-refractivity contribution in [3.8, 4) is 11.5 Å². The van der Waals surface area contributed by atoms with Crippen molar-refractivity contribution in [3.05, 3.63) is 42.7 Å². The van der Waals surface area contributed by atoms with E-state index in [4.69, 9.17) is 9.47 Å². The number of amides is 1. The van der Waals surface area contributed by atoms with Crippen molar-refractivity contribution in [2.45, 2.75) is 13.0 Å². The van der Waals surface area contributed by atoms with Gasteiger partial charge in [0.2, 0.25) is 5.91 Å². The second-order valence-electron chi connectivity index (χ2n) is 5.94. The number of carbonyl (C=O) groups is 1. The summed E-state index contributed by atoms with van der Waals surface area (Å²) in [6.07, 6.45) is 3.74. The van der Waals surface area contributed by atoms with Gasteiger partial charge in [-0.1, -0.05) is 0 Å². The summed E-state index contributed by atoms with van der Waals surface area (Å²) in [7, 11) is 0. The first-order chi connectivity index (χ1) is 12.2. The molecule has 0 saturated carbocycles. The molecule has 3 rings (SSSR count). The molecule has 0 spiro atoms. The Morgan fingerprint density at radius 3 is 2.60 bits per heavy atom. The van der Waals surface area contributed by atoms with Crippen LogP contribution in [-0.2, 0) is 4.79 Å². The first-order valence-corrected chi connectivity index (χ1v) is 8.58. The van der Waals surface area contributed by atoms with Gasteiger partial charge in [-0.3, -0.25) is 14.4 Å². The number of rotatable bonds is 9. The van der Waals surface area contributed by atoms with Gasteiger partial charge >= 0.3 is 0 Å². The Morgan fingerprint density at radius 2 is 1.96 bits per heavy atom. The molecule has 0 radical (unpaired) electrons. The maximum atomic E-state index is 11.9. The molecule has 1 saturated heterocycles. The van der Waals surface area contributed by atoms with E-state index >= 15 is 0 Å². The molecule has 7 nitrogen and oxygen atoms in total. The molecule has 2 aromatic rings. The van der Waals surface area contributed by atoms with Crippen LogP contribution in [0.4, 0.5) is 0 Å². The van der Waals surface area contributed by atoms with E-state index < -0.39 is 0 Å². The maximum Gasteiger partial charge on any atom is 0.234 e. The van der Waals surface area contributed by atoms with Gasteiger partial charge in [0.25, 0.3) is 0 Å². The molecule has 1 aromatic carbocycles. The first kappa shape index (κ1) is 17.3. The number of hydrogen-bond acceptors (Lipinski definition) is 5. The van der Waals surface area contributed by atoms with Crippen molar-refractivity contribution in [1.29, 1.82) is 0 Å². The van der Waals surface area contributed by atoms with Crippen LogP contribution in [0.15, 0.2) is 42.7 Å². The van der Waals surface area contributed by atoms with Gasteiger partial charge in [0, 0.05) is 25.5 Å². The Labute approximate surface area is 147 Å². The molecular weight excluding hydrogens is 320 g/mol. The molecule has 25 heavy (non-hydrogen) atoms. The number of nitrogens with zero attached hydrogens (tertiary/aromatic N) is 3. The Bertz CT molecular complexity index is 651. The van der Waals surface area contributed by atoms with E-state index in [1.54, 1.807) is 6.20 Å². The van der Waals surface area contributed by atoms with Crippen molar-refractivity contribution in [3.63, 3.8) is 0 Å². The second kappa shape index (κ2) is 8.53.